The number of anilines is 1. The van der Waals surface area contributed by atoms with E-state index in [0.717, 1.165) is 16.8 Å². The third kappa shape index (κ3) is 4.06. The Kier molecular flexibility index (Phi) is 5.82. The largest absolute Gasteiger partial charge is 0.508 e. The van der Waals surface area contributed by atoms with Gasteiger partial charge >= 0.3 is 5.97 Å². The molecule has 0 aliphatic heterocycles. The van der Waals surface area contributed by atoms with Crippen LogP contribution < -0.4 is 5.32 Å². The SMILES string of the molecule is CCOC(C)(C(=O)OC)c1cccc(NCc2ccc(O)cc2)c1. The second kappa shape index (κ2) is 7.84. The molecule has 0 saturated carbocycles. The molecule has 128 valence electrons. The van der Waals surface area contributed by atoms with E-state index in [1.54, 1.807) is 19.1 Å². The fraction of sp³-hybridized carbons (Fsp3) is 0.316. The minimum absolute atomic E-state index is 0.242. The first-order chi connectivity index (χ1) is 11.5. The van der Waals surface area contributed by atoms with Crippen LogP contribution >= 0.6 is 0 Å². The van der Waals surface area contributed by atoms with Crippen molar-refractivity contribution in [3.63, 3.8) is 0 Å². The maximum atomic E-state index is 12.2. The first-order valence-corrected chi connectivity index (χ1v) is 7.84. The number of benzene rings is 2. The molecular weight excluding hydrogens is 306 g/mol. The van der Waals surface area contributed by atoms with Gasteiger partial charge in [-0.3, -0.25) is 0 Å². The molecule has 5 heteroatoms. The van der Waals surface area contributed by atoms with Crippen LogP contribution in [0.1, 0.15) is 25.0 Å². The lowest BCUT2D eigenvalue weighted by Gasteiger charge is -2.27. The number of ether oxygens (including phenoxy) is 2. The highest BCUT2D eigenvalue weighted by Crippen LogP contribution is 2.29. The van der Waals surface area contributed by atoms with Gasteiger partial charge in [0.25, 0.3) is 0 Å². The van der Waals surface area contributed by atoms with E-state index >= 15 is 0 Å². The van der Waals surface area contributed by atoms with Crippen molar-refractivity contribution in [1.82, 2.24) is 0 Å². The number of phenols is 1. The van der Waals surface area contributed by atoms with Crippen LogP contribution in [0.3, 0.4) is 0 Å². The topological polar surface area (TPSA) is 67.8 Å². The average molecular weight is 329 g/mol. The fourth-order valence-corrected chi connectivity index (χ4v) is 2.49. The predicted molar refractivity (Wildman–Crippen MR) is 92.9 cm³/mol. The summed E-state index contributed by atoms with van der Waals surface area (Å²) in [6, 6.07) is 14.5. The van der Waals surface area contributed by atoms with E-state index in [1.807, 2.05) is 43.3 Å². The monoisotopic (exact) mass is 329 g/mol. The average Bonchev–Trinajstić information content (AvgIpc) is 2.61. The van der Waals surface area contributed by atoms with E-state index in [1.165, 1.54) is 7.11 Å². The number of hydrogen-bond donors (Lipinski definition) is 2. The van der Waals surface area contributed by atoms with Crippen molar-refractivity contribution in [2.45, 2.75) is 26.0 Å². The smallest absolute Gasteiger partial charge is 0.342 e. The zero-order valence-electron chi connectivity index (χ0n) is 14.2. The summed E-state index contributed by atoms with van der Waals surface area (Å²) >= 11 is 0. The van der Waals surface area contributed by atoms with Gasteiger partial charge < -0.3 is 19.9 Å². The van der Waals surface area contributed by atoms with Crippen LogP contribution in [0, 0.1) is 0 Å². The van der Waals surface area contributed by atoms with Crippen molar-refractivity contribution < 1.29 is 19.4 Å². The zero-order valence-corrected chi connectivity index (χ0v) is 14.2. The zero-order chi connectivity index (χ0) is 17.6. The van der Waals surface area contributed by atoms with E-state index in [9.17, 15) is 9.90 Å². The van der Waals surface area contributed by atoms with Crippen molar-refractivity contribution in [3.8, 4) is 5.75 Å². The molecule has 2 aromatic carbocycles. The summed E-state index contributed by atoms with van der Waals surface area (Å²) in [5.41, 5.74) is 1.50. The van der Waals surface area contributed by atoms with Crippen LogP contribution in [-0.4, -0.2) is 24.8 Å². The van der Waals surface area contributed by atoms with Crippen LogP contribution in [0.2, 0.25) is 0 Å². The third-order valence-corrected chi connectivity index (χ3v) is 3.85. The summed E-state index contributed by atoms with van der Waals surface area (Å²) in [4.78, 5) is 12.2. The van der Waals surface area contributed by atoms with Gasteiger partial charge in [-0.2, -0.15) is 0 Å². The molecule has 2 N–H and O–H groups in total. The molecule has 1 unspecified atom stereocenters. The second-order valence-electron chi connectivity index (χ2n) is 5.56. The fourth-order valence-electron chi connectivity index (χ4n) is 2.49. The summed E-state index contributed by atoms with van der Waals surface area (Å²) in [6.45, 7) is 4.56. The summed E-state index contributed by atoms with van der Waals surface area (Å²) in [7, 11) is 1.35. The van der Waals surface area contributed by atoms with Crippen molar-refractivity contribution in [2.75, 3.05) is 19.0 Å². The van der Waals surface area contributed by atoms with E-state index in [0.29, 0.717) is 13.2 Å². The normalized spacial score (nSPS) is 13.1. The van der Waals surface area contributed by atoms with E-state index in [-0.39, 0.29) is 5.75 Å². The van der Waals surface area contributed by atoms with E-state index in [2.05, 4.69) is 5.32 Å². The van der Waals surface area contributed by atoms with Crippen LogP contribution in [0.15, 0.2) is 48.5 Å². The molecule has 0 amide bonds. The number of esters is 1. The number of methoxy groups -OCH3 is 1. The lowest BCUT2D eigenvalue weighted by Crippen LogP contribution is -2.36. The Labute approximate surface area is 142 Å². The molecule has 0 heterocycles. The molecule has 2 rings (SSSR count). The maximum absolute atomic E-state index is 12.2. The van der Waals surface area contributed by atoms with Crippen molar-refractivity contribution in [2.24, 2.45) is 0 Å². The van der Waals surface area contributed by atoms with Crippen molar-refractivity contribution in [3.05, 3.63) is 59.7 Å². The third-order valence-electron chi connectivity index (χ3n) is 3.85. The first-order valence-electron chi connectivity index (χ1n) is 7.84. The summed E-state index contributed by atoms with van der Waals surface area (Å²) in [6.07, 6.45) is 0. The molecule has 2 aromatic rings. The minimum Gasteiger partial charge on any atom is -0.508 e. The van der Waals surface area contributed by atoms with Crippen molar-refractivity contribution in [1.29, 1.82) is 0 Å². The lowest BCUT2D eigenvalue weighted by atomic mass is 9.95. The molecule has 0 spiro atoms. The second-order valence-corrected chi connectivity index (χ2v) is 5.56. The maximum Gasteiger partial charge on any atom is 0.342 e. The molecule has 0 aliphatic rings. The van der Waals surface area contributed by atoms with Gasteiger partial charge in [0.05, 0.1) is 7.11 Å². The molecule has 0 aromatic heterocycles. The molecule has 1 atom stereocenters. The molecule has 24 heavy (non-hydrogen) atoms. The van der Waals surface area contributed by atoms with Crippen LogP contribution in [0.25, 0.3) is 0 Å². The number of carbonyl (C=O) groups excluding carboxylic acids is 1. The van der Waals surface area contributed by atoms with E-state index in [4.69, 9.17) is 9.47 Å². The highest BCUT2D eigenvalue weighted by atomic mass is 16.6. The molecule has 0 fully saturated rings. The Morgan fingerprint density at radius 1 is 1.21 bits per heavy atom. The lowest BCUT2D eigenvalue weighted by molar-refractivity contribution is -0.168. The Morgan fingerprint density at radius 2 is 1.92 bits per heavy atom. The number of aromatic hydroxyl groups is 1. The number of carbonyl (C=O) groups is 1. The van der Waals surface area contributed by atoms with Crippen molar-refractivity contribution >= 4 is 11.7 Å². The van der Waals surface area contributed by atoms with Gasteiger partial charge in [-0.05, 0) is 49.2 Å². The van der Waals surface area contributed by atoms with Gasteiger partial charge in [-0.25, -0.2) is 4.79 Å². The Morgan fingerprint density at radius 3 is 2.54 bits per heavy atom. The molecular formula is C19H23NO4. The Balaban J connectivity index is 2.17. The number of rotatable bonds is 7. The highest BCUT2D eigenvalue weighted by molar-refractivity contribution is 5.81. The Bertz CT molecular complexity index is 684. The molecule has 0 aliphatic carbocycles. The predicted octanol–water partition coefficient (Wildman–Crippen LogP) is 3.43. The first kappa shape index (κ1) is 17.8. The number of phenolic OH excluding ortho intramolecular Hbond substituents is 1. The molecule has 5 nitrogen and oxygen atoms in total. The number of hydrogen-bond acceptors (Lipinski definition) is 5. The summed E-state index contributed by atoms with van der Waals surface area (Å²) in [5, 5.41) is 12.6. The molecule has 0 bridgehead atoms. The van der Waals surface area contributed by atoms with Gasteiger partial charge in [0.15, 0.2) is 5.60 Å². The minimum atomic E-state index is -1.14. The van der Waals surface area contributed by atoms with Crippen LogP contribution in [-0.2, 0) is 26.4 Å². The molecule has 0 radical (unpaired) electrons. The Hall–Kier alpha value is -2.53. The highest BCUT2D eigenvalue weighted by Gasteiger charge is 2.37. The molecule has 0 saturated heterocycles. The van der Waals surface area contributed by atoms with E-state index < -0.39 is 11.6 Å². The summed E-state index contributed by atoms with van der Waals surface area (Å²) < 4.78 is 10.6. The van der Waals surface area contributed by atoms with Gasteiger partial charge in [0.1, 0.15) is 5.75 Å². The van der Waals surface area contributed by atoms with Gasteiger partial charge in [-0.1, -0.05) is 24.3 Å². The van der Waals surface area contributed by atoms with Crippen LogP contribution in [0.5, 0.6) is 5.75 Å². The van der Waals surface area contributed by atoms with Gasteiger partial charge in [0.2, 0.25) is 0 Å². The van der Waals surface area contributed by atoms with Gasteiger partial charge in [0, 0.05) is 18.8 Å². The summed E-state index contributed by atoms with van der Waals surface area (Å²) in [5.74, 6) is -0.189. The quantitative estimate of drug-likeness (QED) is 0.762. The standard InChI is InChI=1S/C19H23NO4/c1-4-24-19(2,18(22)23-3)15-6-5-7-16(12-15)20-13-14-8-10-17(21)11-9-14/h5-12,20-21H,4,13H2,1-3H3. The van der Waals surface area contributed by atoms with Crippen LogP contribution in [0.4, 0.5) is 5.69 Å². The number of nitrogens with one attached hydrogen (secondary N) is 1. The van der Waals surface area contributed by atoms with Gasteiger partial charge in [-0.15, -0.1) is 0 Å².